The lowest BCUT2D eigenvalue weighted by Gasteiger charge is -2.20. The van der Waals surface area contributed by atoms with Crippen molar-refractivity contribution < 1.29 is 0 Å². The van der Waals surface area contributed by atoms with E-state index in [1.165, 1.54) is 0 Å². The molecule has 10 rings (SSSR count). The van der Waals surface area contributed by atoms with Crippen LogP contribution in [0.2, 0.25) is 0 Å². The van der Waals surface area contributed by atoms with Gasteiger partial charge >= 0.3 is 0 Å². The molecule has 7 heteroatoms. The molecule has 3 aromatic heterocycles. The van der Waals surface area contributed by atoms with E-state index in [0.717, 1.165) is 60.5 Å². The number of nitrogens with zero attached hydrogens (tertiary/aromatic N) is 7. The Kier molecular flexibility index (Phi) is 7.11. The van der Waals surface area contributed by atoms with Gasteiger partial charge in [0.05, 0.1) is 56.7 Å². The van der Waals surface area contributed by atoms with Crippen LogP contribution in [0.1, 0.15) is 11.1 Å². The van der Waals surface area contributed by atoms with Gasteiger partial charge < -0.3 is 9.13 Å². The molecule has 7 nitrogen and oxygen atoms in total. The van der Waals surface area contributed by atoms with Gasteiger partial charge in [-0.3, -0.25) is 0 Å². The molecule has 7 aromatic carbocycles. The molecular weight excluding hydrogens is 663 g/mol. The minimum absolute atomic E-state index is 0.421. The number of hydrogen-bond acceptors (Lipinski definition) is 5. The average Bonchev–Trinajstić information content (AvgIpc) is 3.76. The molecule has 0 aliphatic rings. The first-order valence-corrected chi connectivity index (χ1v) is 17.6. The Morgan fingerprint density at radius 1 is 0.389 bits per heavy atom. The van der Waals surface area contributed by atoms with Gasteiger partial charge in [0, 0.05) is 38.2 Å². The molecule has 0 amide bonds. The summed E-state index contributed by atoms with van der Waals surface area (Å²) in [4.78, 5) is 15.3. The molecule has 0 unspecified atom stereocenters. The molecule has 0 radical (unpaired) electrons. The summed E-state index contributed by atoms with van der Waals surface area (Å²) in [5.41, 5.74) is 9.28. The Labute approximate surface area is 309 Å². The summed E-state index contributed by atoms with van der Waals surface area (Å²) in [6.07, 6.45) is 0. The largest absolute Gasteiger partial charge is 0.307 e. The average molecular weight is 690 g/mol. The molecule has 0 saturated heterocycles. The molecule has 3 heterocycles. The standard InChI is InChI=1S/C47H27N7/c48-28-30-12-9-14-32(26-30)45-50-46(33-15-10-13-31(27-33)29-49)52-47(51-45)38-20-11-25-43(53-39-21-5-1-16-34(39)35-17-2-6-22-40(35)53)44(38)54-41-23-7-3-18-36(41)37-19-4-8-24-42(37)54/h1-27H. The highest BCUT2D eigenvalue weighted by atomic mass is 15.1. The van der Waals surface area contributed by atoms with E-state index in [-0.39, 0.29) is 0 Å². The van der Waals surface area contributed by atoms with E-state index >= 15 is 0 Å². The maximum Gasteiger partial charge on any atom is 0.166 e. The van der Waals surface area contributed by atoms with E-state index in [1.807, 2.05) is 24.3 Å². The third-order valence-electron chi connectivity index (χ3n) is 10.0. The molecule has 0 fully saturated rings. The summed E-state index contributed by atoms with van der Waals surface area (Å²) in [6.45, 7) is 0. The summed E-state index contributed by atoms with van der Waals surface area (Å²) in [5.74, 6) is 1.30. The number of para-hydroxylation sites is 5. The number of aromatic nitrogens is 5. The predicted molar refractivity (Wildman–Crippen MR) is 214 cm³/mol. The van der Waals surface area contributed by atoms with E-state index in [0.29, 0.717) is 39.7 Å². The number of nitriles is 2. The summed E-state index contributed by atoms with van der Waals surface area (Å²) >= 11 is 0. The van der Waals surface area contributed by atoms with Gasteiger partial charge in [-0.05, 0) is 60.7 Å². The Morgan fingerprint density at radius 2 is 0.796 bits per heavy atom. The molecule has 0 atom stereocenters. The Morgan fingerprint density at radius 3 is 1.26 bits per heavy atom. The number of hydrogen-bond donors (Lipinski definition) is 0. The lowest BCUT2D eigenvalue weighted by Crippen LogP contribution is -2.08. The van der Waals surface area contributed by atoms with Crippen molar-refractivity contribution in [2.24, 2.45) is 0 Å². The molecule has 0 N–H and O–H groups in total. The summed E-state index contributed by atoms with van der Waals surface area (Å²) in [7, 11) is 0. The van der Waals surface area contributed by atoms with Crippen molar-refractivity contribution in [3.8, 4) is 57.7 Å². The molecule has 250 valence electrons. The molecule has 10 aromatic rings. The van der Waals surface area contributed by atoms with Crippen molar-refractivity contribution in [2.75, 3.05) is 0 Å². The van der Waals surface area contributed by atoms with Crippen molar-refractivity contribution in [2.45, 2.75) is 0 Å². The lowest BCUT2D eigenvalue weighted by atomic mass is 10.1. The van der Waals surface area contributed by atoms with Crippen LogP contribution in [0.25, 0.3) is 89.2 Å². The fourth-order valence-electron chi connectivity index (χ4n) is 7.68. The second-order valence-corrected chi connectivity index (χ2v) is 13.1. The highest BCUT2D eigenvalue weighted by molar-refractivity contribution is 6.12. The van der Waals surface area contributed by atoms with E-state index in [9.17, 15) is 10.5 Å². The van der Waals surface area contributed by atoms with Crippen molar-refractivity contribution in [3.63, 3.8) is 0 Å². The summed E-state index contributed by atoms with van der Waals surface area (Å²) in [6, 6.07) is 59.3. The van der Waals surface area contributed by atoms with Gasteiger partial charge in [-0.15, -0.1) is 0 Å². The highest BCUT2D eigenvalue weighted by Gasteiger charge is 2.24. The monoisotopic (exact) mass is 689 g/mol. The van der Waals surface area contributed by atoms with Crippen LogP contribution in [0.3, 0.4) is 0 Å². The van der Waals surface area contributed by atoms with Gasteiger partial charge in [0.25, 0.3) is 0 Å². The Bertz CT molecular complexity index is 3030. The zero-order chi connectivity index (χ0) is 36.2. The van der Waals surface area contributed by atoms with Crippen molar-refractivity contribution >= 4 is 43.6 Å². The maximum atomic E-state index is 9.78. The van der Waals surface area contributed by atoms with E-state index in [4.69, 9.17) is 15.0 Å². The van der Waals surface area contributed by atoms with Crippen LogP contribution in [-0.4, -0.2) is 24.1 Å². The van der Waals surface area contributed by atoms with Crippen molar-refractivity contribution in [3.05, 3.63) is 175 Å². The first kappa shape index (κ1) is 30.9. The first-order chi connectivity index (χ1) is 26.7. The number of rotatable bonds is 5. The summed E-state index contributed by atoms with van der Waals surface area (Å²) in [5, 5.41) is 24.1. The van der Waals surface area contributed by atoms with Crippen LogP contribution < -0.4 is 0 Å². The van der Waals surface area contributed by atoms with Crippen LogP contribution in [0.4, 0.5) is 0 Å². The molecule has 0 bridgehead atoms. The number of fused-ring (bicyclic) bond motifs is 6. The normalized spacial score (nSPS) is 11.3. The smallest absolute Gasteiger partial charge is 0.166 e. The topological polar surface area (TPSA) is 96.1 Å². The van der Waals surface area contributed by atoms with Crippen molar-refractivity contribution in [1.29, 1.82) is 10.5 Å². The van der Waals surface area contributed by atoms with E-state index in [1.54, 1.807) is 24.3 Å². The third kappa shape index (κ3) is 4.85. The van der Waals surface area contributed by atoms with E-state index < -0.39 is 0 Å². The number of benzene rings is 7. The Hall–Kier alpha value is -7.87. The summed E-state index contributed by atoms with van der Waals surface area (Å²) < 4.78 is 4.66. The van der Waals surface area contributed by atoms with Gasteiger partial charge in [-0.2, -0.15) is 10.5 Å². The van der Waals surface area contributed by atoms with Gasteiger partial charge in [0.15, 0.2) is 17.5 Å². The molecule has 54 heavy (non-hydrogen) atoms. The second kappa shape index (κ2) is 12.4. The SMILES string of the molecule is N#Cc1cccc(-c2nc(-c3cccc(C#N)c3)nc(-c3cccc(-n4c5ccccc5c5ccccc54)c3-n3c4ccccc4c4ccccc43)n2)c1. The maximum absolute atomic E-state index is 9.78. The lowest BCUT2D eigenvalue weighted by molar-refractivity contribution is 1.05. The van der Waals surface area contributed by atoms with Crippen LogP contribution in [0.15, 0.2) is 164 Å². The van der Waals surface area contributed by atoms with Gasteiger partial charge in [0.2, 0.25) is 0 Å². The van der Waals surface area contributed by atoms with Crippen molar-refractivity contribution in [1.82, 2.24) is 24.1 Å². The van der Waals surface area contributed by atoms with Crippen LogP contribution in [0, 0.1) is 22.7 Å². The molecule has 0 spiro atoms. The van der Waals surface area contributed by atoms with Crippen LogP contribution >= 0.6 is 0 Å². The fourth-order valence-corrected chi connectivity index (χ4v) is 7.68. The van der Waals surface area contributed by atoms with Gasteiger partial charge in [-0.25, -0.2) is 15.0 Å². The molecular formula is C47H27N7. The zero-order valence-corrected chi connectivity index (χ0v) is 28.7. The molecule has 0 aliphatic heterocycles. The third-order valence-corrected chi connectivity index (χ3v) is 10.0. The predicted octanol–water partition coefficient (Wildman–Crippen LogP) is 10.8. The van der Waals surface area contributed by atoms with Crippen LogP contribution in [0.5, 0.6) is 0 Å². The van der Waals surface area contributed by atoms with Gasteiger partial charge in [-0.1, -0.05) is 103 Å². The second-order valence-electron chi connectivity index (χ2n) is 13.1. The first-order valence-electron chi connectivity index (χ1n) is 17.6. The minimum atomic E-state index is 0.421. The zero-order valence-electron chi connectivity index (χ0n) is 28.7. The Balaban J connectivity index is 1.36. The van der Waals surface area contributed by atoms with E-state index in [2.05, 4.69) is 137 Å². The molecule has 0 aliphatic carbocycles. The highest BCUT2D eigenvalue weighted by Crippen LogP contribution is 2.42. The molecule has 0 saturated carbocycles. The minimum Gasteiger partial charge on any atom is -0.307 e. The quantitative estimate of drug-likeness (QED) is 0.179. The van der Waals surface area contributed by atoms with Gasteiger partial charge in [0.1, 0.15) is 0 Å². The fraction of sp³-hybridized carbons (Fsp3) is 0. The van der Waals surface area contributed by atoms with Crippen LogP contribution in [-0.2, 0) is 0 Å².